The molecule has 5 nitrogen and oxygen atoms in total. The summed E-state index contributed by atoms with van der Waals surface area (Å²) in [4.78, 5) is 12.4. The first-order chi connectivity index (χ1) is 14.6. The molecular weight excluding hydrogens is 378 g/mol. The highest BCUT2D eigenvalue weighted by Gasteiger charge is 2.09. The predicted octanol–water partition coefficient (Wildman–Crippen LogP) is 5.98. The summed E-state index contributed by atoms with van der Waals surface area (Å²) < 4.78 is 17.1. The molecule has 1 N–H and O–H groups in total. The van der Waals surface area contributed by atoms with E-state index in [2.05, 4.69) is 5.32 Å². The van der Waals surface area contributed by atoms with E-state index in [0.29, 0.717) is 43.2 Å². The summed E-state index contributed by atoms with van der Waals surface area (Å²) in [5.74, 6) is 2.79. The Morgan fingerprint density at radius 1 is 0.833 bits per heavy atom. The number of hydrogen-bond acceptors (Lipinski definition) is 4. The van der Waals surface area contributed by atoms with Gasteiger partial charge >= 0.3 is 0 Å². The van der Waals surface area contributed by atoms with Gasteiger partial charge in [-0.1, -0.05) is 29.8 Å². The number of carbonyl (C=O) groups excluding carboxylic acids is 1. The number of aryl methyl sites for hydroxylation is 1. The number of ether oxygens (including phenoxy) is 3. The molecule has 0 spiro atoms. The monoisotopic (exact) mass is 405 g/mol. The molecule has 0 radical (unpaired) electrons. The molecule has 0 heterocycles. The van der Waals surface area contributed by atoms with Crippen LogP contribution in [0.2, 0.25) is 0 Å². The van der Waals surface area contributed by atoms with Crippen molar-refractivity contribution < 1.29 is 19.0 Å². The Kier molecular flexibility index (Phi) is 7.72. The Morgan fingerprint density at radius 2 is 1.47 bits per heavy atom. The zero-order valence-electron chi connectivity index (χ0n) is 17.4. The average Bonchev–Trinajstić information content (AvgIpc) is 2.75. The third kappa shape index (κ3) is 6.55. The van der Waals surface area contributed by atoms with Crippen LogP contribution in [0.15, 0.2) is 72.8 Å². The Morgan fingerprint density at radius 3 is 2.20 bits per heavy atom. The summed E-state index contributed by atoms with van der Waals surface area (Å²) in [5.41, 5.74) is 1.82. The van der Waals surface area contributed by atoms with Crippen LogP contribution in [0.4, 0.5) is 5.69 Å². The largest absolute Gasteiger partial charge is 0.494 e. The topological polar surface area (TPSA) is 56.8 Å². The van der Waals surface area contributed by atoms with Gasteiger partial charge in [-0.3, -0.25) is 4.79 Å². The summed E-state index contributed by atoms with van der Waals surface area (Å²) in [6.45, 7) is 5.08. The summed E-state index contributed by atoms with van der Waals surface area (Å²) in [6.07, 6.45) is 0.991. The molecule has 30 heavy (non-hydrogen) atoms. The van der Waals surface area contributed by atoms with E-state index in [1.54, 1.807) is 0 Å². The van der Waals surface area contributed by atoms with E-state index in [4.69, 9.17) is 14.2 Å². The number of hydrogen-bond donors (Lipinski definition) is 1. The van der Waals surface area contributed by atoms with Gasteiger partial charge in [-0.2, -0.15) is 0 Å². The van der Waals surface area contributed by atoms with Crippen molar-refractivity contribution in [2.75, 3.05) is 18.5 Å². The van der Waals surface area contributed by atoms with Crippen molar-refractivity contribution in [1.29, 1.82) is 0 Å². The van der Waals surface area contributed by atoms with Crippen LogP contribution < -0.4 is 19.5 Å². The number of carbonyl (C=O) groups is 1. The van der Waals surface area contributed by atoms with Crippen molar-refractivity contribution in [2.45, 2.75) is 26.7 Å². The van der Waals surface area contributed by atoms with Gasteiger partial charge in [0.1, 0.15) is 17.2 Å². The molecule has 1 amide bonds. The Bertz CT molecular complexity index is 936. The van der Waals surface area contributed by atoms with Crippen LogP contribution in [-0.2, 0) is 4.79 Å². The van der Waals surface area contributed by atoms with Crippen molar-refractivity contribution in [1.82, 2.24) is 0 Å². The quantitative estimate of drug-likeness (QED) is 0.421. The molecular formula is C25H27NO4. The fourth-order valence-corrected chi connectivity index (χ4v) is 2.83. The molecule has 3 aromatic rings. The second-order valence-corrected chi connectivity index (χ2v) is 6.82. The lowest BCUT2D eigenvalue weighted by Gasteiger charge is -2.13. The molecule has 0 aromatic heterocycles. The lowest BCUT2D eigenvalue weighted by atomic mass is 10.2. The van der Waals surface area contributed by atoms with E-state index in [1.807, 2.05) is 86.6 Å². The first kappa shape index (κ1) is 21.2. The predicted molar refractivity (Wildman–Crippen MR) is 119 cm³/mol. The minimum Gasteiger partial charge on any atom is -0.494 e. The van der Waals surface area contributed by atoms with Gasteiger partial charge in [-0.05, 0) is 68.8 Å². The Labute approximate surface area is 177 Å². The Hall–Kier alpha value is -3.47. The fraction of sp³-hybridized carbons (Fsp3) is 0.240. The third-order valence-electron chi connectivity index (χ3n) is 4.36. The van der Waals surface area contributed by atoms with E-state index in [-0.39, 0.29) is 5.91 Å². The second-order valence-electron chi connectivity index (χ2n) is 6.82. The summed E-state index contributed by atoms with van der Waals surface area (Å²) in [6, 6.07) is 22.6. The van der Waals surface area contributed by atoms with Crippen LogP contribution in [-0.4, -0.2) is 19.1 Å². The molecule has 0 saturated heterocycles. The second kappa shape index (κ2) is 10.9. The molecule has 5 heteroatoms. The maximum absolute atomic E-state index is 12.4. The lowest BCUT2D eigenvalue weighted by molar-refractivity contribution is -0.116. The van der Waals surface area contributed by atoms with Crippen LogP contribution in [0.1, 0.15) is 25.3 Å². The molecule has 156 valence electrons. The minimum atomic E-state index is -0.0785. The van der Waals surface area contributed by atoms with Gasteiger partial charge < -0.3 is 19.5 Å². The Balaban J connectivity index is 1.49. The minimum absolute atomic E-state index is 0.0785. The normalized spacial score (nSPS) is 10.3. The van der Waals surface area contributed by atoms with Gasteiger partial charge in [0.15, 0.2) is 5.75 Å². The fourth-order valence-electron chi connectivity index (χ4n) is 2.83. The van der Waals surface area contributed by atoms with Crippen molar-refractivity contribution in [3.05, 3.63) is 78.4 Å². The highest BCUT2D eigenvalue weighted by molar-refractivity contribution is 5.92. The first-order valence-electron chi connectivity index (χ1n) is 10.1. The standard InChI is InChI=1S/C25H27NO4/c1-3-28-20-14-16-22(17-15-20)30-24-8-5-4-7-23(24)26-25(27)9-6-18-29-21-12-10-19(2)11-13-21/h4-5,7-8,10-17H,3,6,9,18H2,1-2H3,(H,26,27). The maximum atomic E-state index is 12.4. The molecule has 0 aliphatic heterocycles. The number of nitrogens with one attached hydrogen (secondary N) is 1. The number of rotatable bonds is 10. The van der Waals surface area contributed by atoms with Gasteiger partial charge in [-0.15, -0.1) is 0 Å². The SMILES string of the molecule is CCOc1ccc(Oc2ccccc2NC(=O)CCCOc2ccc(C)cc2)cc1. The molecule has 0 bridgehead atoms. The average molecular weight is 405 g/mol. The number of para-hydroxylation sites is 2. The molecule has 0 saturated carbocycles. The maximum Gasteiger partial charge on any atom is 0.224 e. The first-order valence-corrected chi connectivity index (χ1v) is 10.1. The van der Waals surface area contributed by atoms with Gasteiger partial charge in [0.05, 0.1) is 18.9 Å². The highest BCUT2D eigenvalue weighted by atomic mass is 16.5. The number of anilines is 1. The lowest BCUT2D eigenvalue weighted by Crippen LogP contribution is -2.13. The van der Waals surface area contributed by atoms with Crippen LogP contribution in [0, 0.1) is 6.92 Å². The van der Waals surface area contributed by atoms with Gasteiger partial charge in [-0.25, -0.2) is 0 Å². The van der Waals surface area contributed by atoms with Crippen molar-refractivity contribution in [3.63, 3.8) is 0 Å². The van der Waals surface area contributed by atoms with Crippen molar-refractivity contribution in [2.24, 2.45) is 0 Å². The van der Waals surface area contributed by atoms with Crippen LogP contribution in [0.3, 0.4) is 0 Å². The number of amides is 1. The van der Waals surface area contributed by atoms with E-state index in [0.717, 1.165) is 11.5 Å². The van der Waals surface area contributed by atoms with Gasteiger partial charge in [0.25, 0.3) is 0 Å². The molecule has 0 aliphatic rings. The van der Waals surface area contributed by atoms with E-state index in [9.17, 15) is 4.79 Å². The van der Waals surface area contributed by atoms with Crippen molar-refractivity contribution in [3.8, 4) is 23.0 Å². The number of benzene rings is 3. The van der Waals surface area contributed by atoms with Crippen LogP contribution >= 0.6 is 0 Å². The van der Waals surface area contributed by atoms with Crippen LogP contribution in [0.25, 0.3) is 0 Å². The smallest absolute Gasteiger partial charge is 0.224 e. The van der Waals surface area contributed by atoms with E-state index < -0.39 is 0 Å². The highest BCUT2D eigenvalue weighted by Crippen LogP contribution is 2.30. The zero-order chi connectivity index (χ0) is 21.2. The summed E-state index contributed by atoms with van der Waals surface area (Å²) in [7, 11) is 0. The van der Waals surface area contributed by atoms with E-state index in [1.165, 1.54) is 5.56 Å². The molecule has 0 atom stereocenters. The molecule has 3 rings (SSSR count). The zero-order valence-corrected chi connectivity index (χ0v) is 17.4. The van der Waals surface area contributed by atoms with Crippen molar-refractivity contribution >= 4 is 11.6 Å². The summed E-state index contributed by atoms with van der Waals surface area (Å²) >= 11 is 0. The molecule has 0 unspecified atom stereocenters. The molecule has 3 aromatic carbocycles. The van der Waals surface area contributed by atoms with Crippen LogP contribution in [0.5, 0.6) is 23.0 Å². The molecule has 0 aliphatic carbocycles. The van der Waals surface area contributed by atoms with Gasteiger partial charge in [0, 0.05) is 6.42 Å². The van der Waals surface area contributed by atoms with Gasteiger partial charge in [0.2, 0.25) is 5.91 Å². The molecule has 0 fully saturated rings. The summed E-state index contributed by atoms with van der Waals surface area (Å²) in [5, 5.41) is 2.92. The van der Waals surface area contributed by atoms with E-state index >= 15 is 0 Å². The third-order valence-corrected chi connectivity index (χ3v) is 4.36.